The Bertz CT molecular complexity index is 580. The van der Waals surface area contributed by atoms with Crippen molar-refractivity contribution in [1.29, 1.82) is 0 Å². The van der Waals surface area contributed by atoms with Gasteiger partial charge in [0, 0.05) is 13.1 Å². The topological polar surface area (TPSA) is 46.9 Å². The van der Waals surface area contributed by atoms with Gasteiger partial charge in [0.05, 0.1) is 18.4 Å². The van der Waals surface area contributed by atoms with Crippen LogP contribution in [0.1, 0.15) is 5.56 Å². The Labute approximate surface area is 97.7 Å². The van der Waals surface area contributed by atoms with Gasteiger partial charge in [0.2, 0.25) is 0 Å². The van der Waals surface area contributed by atoms with Crippen molar-refractivity contribution in [2.45, 2.75) is 6.54 Å². The van der Waals surface area contributed by atoms with Crippen LogP contribution in [0.2, 0.25) is 0 Å². The first-order chi connectivity index (χ1) is 8.19. The Hall–Kier alpha value is -2.17. The van der Waals surface area contributed by atoms with Crippen LogP contribution in [-0.4, -0.2) is 16.8 Å². The van der Waals surface area contributed by atoms with E-state index >= 15 is 0 Å². The fraction of sp³-hybridized carbons (Fsp3) is 0.167. The second-order valence-corrected chi connectivity index (χ2v) is 3.62. The molecule has 88 valence electrons. The number of aromatic nitrogens is 2. The summed E-state index contributed by atoms with van der Waals surface area (Å²) in [6, 6.07) is 7.57. The van der Waals surface area contributed by atoms with E-state index in [0.29, 0.717) is 11.3 Å². The minimum atomic E-state index is -0.317. The molecular formula is C12H12FN3O. The highest BCUT2D eigenvalue weighted by Gasteiger charge is 2.01. The van der Waals surface area contributed by atoms with Crippen LogP contribution in [-0.2, 0) is 6.54 Å². The molecule has 0 unspecified atom stereocenters. The first-order valence-electron chi connectivity index (χ1n) is 5.18. The molecule has 0 bridgehead atoms. The third-order valence-corrected chi connectivity index (χ3v) is 2.38. The summed E-state index contributed by atoms with van der Waals surface area (Å²) in [5.74, 6) is -0.317. The summed E-state index contributed by atoms with van der Waals surface area (Å²) < 4.78 is 14.3. The minimum Gasteiger partial charge on any atom is -0.387 e. The van der Waals surface area contributed by atoms with Crippen LogP contribution in [0.4, 0.5) is 10.1 Å². The highest BCUT2D eigenvalue weighted by molar-refractivity contribution is 5.37. The molecule has 0 saturated heterocycles. The standard InChI is InChI=1S/C12H12FN3O/c1-14-11-6-12(17)16(15-7-11)8-9-3-2-4-10(13)5-9/h2-7,14H,8H2,1H3. The Balaban J connectivity index is 2.27. The molecule has 0 aliphatic rings. The third-order valence-electron chi connectivity index (χ3n) is 2.38. The van der Waals surface area contributed by atoms with Crippen molar-refractivity contribution >= 4 is 5.69 Å². The smallest absolute Gasteiger partial charge is 0.269 e. The van der Waals surface area contributed by atoms with Crippen LogP contribution in [0.25, 0.3) is 0 Å². The van der Waals surface area contributed by atoms with Crippen molar-refractivity contribution < 1.29 is 4.39 Å². The summed E-state index contributed by atoms with van der Waals surface area (Å²) in [5, 5.41) is 6.83. The van der Waals surface area contributed by atoms with Gasteiger partial charge < -0.3 is 5.32 Å². The largest absolute Gasteiger partial charge is 0.387 e. The molecule has 17 heavy (non-hydrogen) atoms. The second kappa shape index (κ2) is 4.78. The fourth-order valence-corrected chi connectivity index (χ4v) is 1.50. The van der Waals surface area contributed by atoms with Crippen molar-refractivity contribution in [2.24, 2.45) is 0 Å². The van der Waals surface area contributed by atoms with Crippen LogP contribution in [0.3, 0.4) is 0 Å². The van der Waals surface area contributed by atoms with Gasteiger partial charge in [0.15, 0.2) is 0 Å². The molecule has 1 heterocycles. The first-order valence-corrected chi connectivity index (χ1v) is 5.18. The Morgan fingerprint density at radius 3 is 2.88 bits per heavy atom. The zero-order valence-electron chi connectivity index (χ0n) is 9.35. The molecule has 2 rings (SSSR count). The van der Waals surface area contributed by atoms with Gasteiger partial charge in [-0.25, -0.2) is 9.07 Å². The van der Waals surface area contributed by atoms with Crippen molar-refractivity contribution in [1.82, 2.24) is 9.78 Å². The molecule has 1 N–H and O–H groups in total. The van der Waals surface area contributed by atoms with Gasteiger partial charge in [0.1, 0.15) is 5.82 Å². The van der Waals surface area contributed by atoms with E-state index in [4.69, 9.17) is 0 Å². The average Bonchev–Trinajstić information content (AvgIpc) is 2.32. The van der Waals surface area contributed by atoms with E-state index in [1.807, 2.05) is 0 Å². The average molecular weight is 233 g/mol. The zero-order valence-corrected chi connectivity index (χ0v) is 9.35. The first kappa shape index (κ1) is 11.3. The van der Waals surface area contributed by atoms with E-state index in [0.717, 1.165) is 0 Å². The maximum Gasteiger partial charge on any atom is 0.269 e. The summed E-state index contributed by atoms with van der Waals surface area (Å²) >= 11 is 0. The SMILES string of the molecule is CNc1cnn(Cc2cccc(F)c2)c(=O)c1. The maximum absolute atomic E-state index is 13.0. The number of anilines is 1. The number of hydrogen-bond acceptors (Lipinski definition) is 3. The van der Waals surface area contributed by atoms with Gasteiger partial charge in [-0.15, -0.1) is 0 Å². The molecule has 0 aliphatic carbocycles. The molecule has 1 aromatic heterocycles. The minimum absolute atomic E-state index is 0.221. The second-order valence-electron chi connectivity index (χ2n) is 3.62. The number of hydrogen-bond donors (Lipinski definition) is 1. The summed E-state index contributed by atoms with van der Waals surface area (Å²) in [4.78, 5) is 11.7. The van der Waals surface area contributed by atoms with Crippen molar-refractivity contribution in [3.8, 4) is 0 Å². The van der Waals surface area contributed by atoms with Crippen LogP contribution in [0.5, 0.6) is 0 Å². The molecule has 0 radical (unpaired) electrons. The van der Waals surface area contributed by atoms with E-state index < -0.39 is 0 Å². The molecular weight excluding hydrogens is 221 g/mol. The Morgan fingerprint density at radius 1 is 1.41 bits per heavy atom. The van der Waals surface area contributed by atoms with Gasteiger partial charge in [-0.05, 0) is 17.7 Å². The van der Waals surface area contributed by atoms with E-state index in [2.05, 4.69) is 10.4 Å². The van der Waals surface area contributed by atoms with Crippen molar-refractivity contribution in [2.75, 3.05) is 12.4 Å². The molecule has 0 saturated carbocycles. The van der Waals surface area contributed by atoms with Crippen LogP contribution >= 0.6 is 0 Å². The van der Waals surface area contributed by atoms with Crippen LogP contribution in [0.15, 0.2) is 41.3 Å². The molecule has 2 aromatic rings. The molecule has 5 heteroatoms. The summed E-state index contributed by atoms with van der Waals surface area (Å²) in [6.45, 7) is 0.264. The number of halogens is 1. The van der Waals surface area contributed by atoms with E-state index in [-0.39, 0.29) is 17.9 Å². The highest BCUT2D eigenvalue weighted by atomic mass is 19.1. The molecule has 0 amide bonds. The lowest BCUT2D eigenvalue weighted by Gasteiger charge is -2.05. The molecule has 0 atom stereocenters. The lowest BCUT2D eigenvalue weighted by molar-refractivity contribution is 0.611. The van der Waals surface area contributed by atoms with E-state index in [1.165, 1.54) is 22.9 Å². The Morgan fingerprint density at radius 2 is 2.24 bits per heavy atom. The lowest BCUT2D eigenvalue weighted by Crippen LogP contribution is -2.22. The quantitative estimate of drug-likeness (QED) is 0.873. The molecule has 1 aromatic carbocycles. The van der Waals surface area contributed by atoms with E-state index in [9.17, 15) is 9.18 Å². The number of nitrogens with zero attached hydrogens (tertiary/aromatic N) is 2. The maximum atomic E-state index is 13.0. The van der Waals surface area contributed by atoms with Crippen molar-refractivity contribution in [3.05, 3.63) is 58.3 Å². The van der Waals surface area contributed by atoms with Crippen LogP contribution < -0.4 is 10.9 Å². The fourth-order valence-electron chi connectivity index (χ4n) is 1.50. The lowest BCUT2D eigenvalue weighted by atomic mass is 10.2. The Kier molecular flexibility index (Phi) is 3.18. The zero-order chi connectivity index (χ0) is 12.3. The summed E-state index contributed by atoms with van der Waals surface area (Å²) in [7, 11) is 1.72. The summed E-state index contributed by atoms with van der Waals surface area (Å²) in [6.07, 6.45) is 1.56. The van der Waals surface area contributed by atoms with Crippen LogP contribution in [0, 0.1) is 5.82 Å². The monoisotopic (exact) mass is 233 g/mol. The summed E-state index contributed by atoms with van der Waals surface area (Å²) in [5.41, 5.74) is 1.14. The normalized spacial score (nSPS) is 10.2. The van der Waals surface area contributed by atoms with Gasteiger partial charge in [-0.1, -0.05) is 12.1 Å². The highest BCUT2D eigenvalue weighted by Crippen LogP contribution is 2.04. The molecule has 0 spiro atoms. The van der Waals surface area contributed by atoms with Gasteiger partial charge in [0.25, 0.3) is 5.56 Å². The molecule has 0 fully saturated rings. The van der Waals surface area contributed by atoms with Crippen molar-refractivity contribution in [3.63, 3.8) is 0 Å². The van der Waals surface area contributed by atoms with Gasteiger partial charge >= 0.3 is 0 Å². The number of benzene rings is 1. The van der Waals surface area contributed by atoms with Gasteiger partial charge in [-0.2, -0.15) is 5.10 Å². The third kappa shape index (κ3) is 2.69. The molecule has 4 nitrogen and oxygen atoms in total. The van der Waals surface area contributed by atoms with Gasteiger partial charge in [-0.3, -0.25) is 4.79 Å². The molecule has 0 aliphatic heterocycles. The number of nitrogens with one attached hydrogen (secondary N) is 1. The predicted molar refractivity (Wildman–Crippen MR) is 63.5 cm³/mol. The number of rotatable bonds is 3. The predicted octanol–water partition coefficient (Wildman–Crippen LogP) is 1.47. The van der Waals surface area contributed by atoms with E-state index in [1.54, 1.807) is 25.4 Å².